The Labute approximate surface area is 181 Å². The summed E-state index contributed by atoms with van der Waals surface area (Å²) < 4.78 is 24.1. The predicted octanol–water partition coefficient (Wildman–Crippen LogP) is 4.06. The van der Waals surface area contributed by atoms with Crippen molar-refractivity contribution in [2.75, 3.05) is 0 Å². The summed E-state index contributed by atoms with van der Waals surface area (Å²) in [5, 5.41) is 10.9. The number of aliphatic hydroxyl groups is 1. The summed E-state index contributed by atoms with van der Waals surface area (Å²) in [6, 6.07) is 14.2. The van der Waals surface area contributed by atoms with Gasteiger partial charge in [-0.3, -0.25) is 4.90 Å². The molecule has 1 aliphatic rings. The number of rotatable bonds is 5. The zero-order valence-electron chi connectivity index (χ0n) is 18.0. The maximum atomic E-state index is 13.2. The SMILES string of the molecule is CC(C)(C)OC(=O)N1C(O)[C@@H](Cc2ccc(F)cc2)C[C@@H]1C(=O)OCc1ccccc1. The Morgan fingerprint density at radius 3 is 2.32 bits per heavy atom. The normalized spacial score (nSPS) is 21.1. The number of esters is 1. The largest absolute Gasteiger partial charge is 0.459 e. The minimum atomic E-state index is -1.23. The smallest absolute Gasteiger partial charge is 0.413 e. The van der Waals surface area contributed by atoms with Crippen LogP contribution in [-0.2, 0) is 27.3 Å². The molecule has 1 amide bonds. The van der Waals surface area contributed by atoms with Crippen molar-refractivity contribution < 1.29 is 28.6 Å². The van der Waals surface area contributed by atoms with Crippen LogP contribution in [0.4, 0.5) is 9.18 Å². The number of carbonyl (C=O) groups excluding carboxylic acids is 2. The van der Waals surface area contributed by atoms with Gasteiger partial charge in [0.2, 0.25) is 0 Å². The standard InChI is InChI=1S/C24H28FNO5/c1-24(2,3)31-23(29)26-20(22(28)30-15-17-7-5-4-6-8-17)14-18(21(26)27)13-16-9-11-19(25)12-10-16/h4-12,18,20-21,27H,13-15H2,1-3H3/t18-,20+,21?/m0/s1. The molecule has 1 fully saturated rings. The molecule has 0 bridgehead atoms. The molecule has 1 aliphatic heterocycles. The van der Waals surface area contributed by atoms with Crippen molar-refractivity contribution in [2.45, 2.75) is 58.1 Å². The van der Waals surface area contributed by atoms with E-state index in [9.17, 15) is 19.1 Å². The third kappa shape index (κ3) is 6.04. The summed E-state index contributed by atoms with van der Waals surface area (Å²) >= 11 is 0. The van der Waals surface area contributed by atoms with Crippen LogP contribution in [0.15, 0.2) is 54.6 Å². The number of ether oxygens (including phenoxy) is 2. The Balaban J connectivity index is 1.76. The van der Waals surface area contributed by atoms with E-state index in [0.717, 1.165) is 16.0 Å². The third-order valence-electron chi connectivity index (χ3n) is 5.08. The first-order chi connectivity index (χ1) is 14.6. The van der Waals surface area contributed by atoms with E-state index in [-0.39, 0.29) is 18.8 Å². The van der Waals surface area contributed by atoms with Gasteiger partial charge >= 0.3 is 12.1 Å². The zero-order chi connectivity index (χ0) is 22.6. The monoisotopic (exact) mass is 429 g/mol. The molecule has 0 radical (unpaired) electrons. The zero-order valence-corrected chi connectivity index (χ0v) is 18.0. The van der Waals surface area contributed by atoms with Gasteiger partial charge in [0.25, 0.3) is 0 Å². The number of amides is 1. The molecular weight excluding hydrogens is 401 g/mol. The topological polar surface area (TPSA) is 76.1 Å². The van der Waals surface area contributed by atoms with Gasteiger partial charge in [0, 0.05) is 5.92 Å². The Kier molecular flexibility index (Phi) is 6.95. The molecule has 1 unspecified atom stereocenters. The first-order valence-corrected chi connectivity index (χ1v) is 10.3. The lowest BCUT2D eigenvalue weighted by Gasteiger charge is -2.30. The molecule has 1 saturated heterocycles. The fraction of sp³-hybridized carbons (Fsp3) is 0.417. The van der Waals surface area contributed by atoms with Crippen LogP contribution in [0.1, 0.15) is 38.3 Å². The van der Waals surface area contributed by atoms with Crippen LogP contribution < -0.4 is 0 Å². The van der Waals surface area contributed by atoms with E-state index in [0.29, 0.717) is 6.42 Å². The molecule has 2 aromatic carbocycles. The van der Waals surface area contributed by atoms with E-state index >= 15 is 0 Å². The highest BCUT2D eigenvalue weighted by molar-refractivity contribution is 5.82. The molecule has 0 spiro atoms. The van der Waals surface area contributed by atoms with Crippen LogP contribution in [0, 0.1) is 11.7 Å². The summed E-state index contributed by atoms with van der Waals surface area (Å²) in [5.41, 5.74) is 0.832. The molecule has 0 aliphatic carbocycles. The van der Waals surface area contributed by atoms with Gasteiger partial charge in [0.15, 0.2) is 0 Å². The minimum absolute atomic E-state index is 0.0665. The fourth-order valence-corrected chi connectivity index (χ4v) is 3.63. The second-order valence-electron chi connectivity index (χ2n) is 8.74. The van der Waals surface area contributed by atoms with Gasteiger partial charge in [0.1, 0.15) is 30.3 Å². The van der Waals surface area contributed by atoms with E-state index in [1.54, 1.807) is 32.9 Å². The molecule has 7 heteroatoms. The summed E-state index contributed by atoms with van der Waals surface area (Å²) in [4.78, 5) is 26.7. The van der Waals surface area contributed by atoms with Gasteiger partial charge in [-0.05, 0) is 56.9 Å². The summed E-state index contributed by atoms with van der Waals surface area (Å²) in [5.74, 6) is -1.38. The number of nitrogens with zero attached hydrogens (tertiary/aromatic N) is 1. The summed E-state index contributed by atoms with van der Waals surface area (Å²) in [7, 11) is 0. The predicted molar refractivity (Wildman–Crippen MR) is 112 cm³/mol. The van der Waals surface area contributed by atoms with E-state index in [1.165, 1.54) is 12.1 Å². The van der Waals surface area contributed by atoms with Crippen molar-refractivity contribution in [2.24, 2.45) is 5.92 Å². The Morgan fingerprint density at radius 2 is 1.71 bits per heavy atom. The highest BCUT2D eigenvalue weighted by Gasteiger charge is 2.48. The average Bonchev–Trinajstić information content (AvgIpc) is 3.04. The van der Waals surface area contributed by atoms with Crippen LogP contribution in [0.2, 0.25) is 0 Å². The molecule has 1 heterocycles. The quantitative estimate of drug-likeness (QED) is 0.726. The van der Waals surface area contributed by atoms with E-state index in [4.69, 9.17) is 9.47 Å². The first-order valence-electron chi connectivity index (χ1n) is 10.3. The first kappa shape index (κ1) is 22.7. The number of hydrogen-bond donors (Lipinski definition) is 1. The fourth-order valence-electron chi connectivity index (χ4n) is 3.63. The Morgan fingerprint density at radius 1 is 1.06 bits per heavy atom. The third-order valence-corrected chi connectivity index (χ3v) is 5.08. The highest BCUT2D eigenvalue weighted by atomic mass is 19.1. The van der Waals surface area contributed by atoms with Gasteiger partial charge in [-0.2, -0.15) is 0 Å². The Hall–Kier alpha value is -2.93. The van der Waals surface area contributed by atoms with Crippen molar-refractivity contribution in [1.29, 1.82) is 0 Å². The van der Waals surface area contributed by atoms with Crippen LogP contribution in [0.3, 0.4) is 0 Å². The van der Waals surface area contributed by atoms with Gasteiger partial charge in [0.05, 0.1) is 0 Å². The summed E-state index contributed by atoms with van der Waals surface area (Å²) in [6.45, 7) is 5.21. The van der Waals surface area contributed by atoms with Crippen molar-refractivity contribution in [3.05, 3.63) is 71.5 Å². The van der Waals surface area contributed by atoms with E-state index < -0.39 is 35.9 Å². The van der Waals surface area contributed by atoms with Gasteiger partial charge in [-0.1, -0.05) is 42.5 Å². The molecule has 31 heavy (non-hydrogen) atoms. The lowest BCUT2D eigenvalue weighted by Crippen LogP contribution is -2.48. The number of hydrogen-bond acceptors (Lipinski definition) is 5. The molecule has 6 nitrogen and oxygen atoms in total. The van der Waals surface area contributed by atoms with E-state index in [2.05, 4.69) is 0 Å². The van der Waals surface area contributed by atoms with Crippen LogP contribution in [0.5, 0.6) is 0 Å². The van der Waals surface area contributed by atoms with Gasteiger partial charge < -0.3 is 14.6 Å². The second-order valence-corrected chi connectivity index (χ2v) is 8.74. The minimum Gasteiger partial charge on any atom is -0.459 e. The van der Waals surface area contributed by atoms with E-state index in [1.807, 2.05) is 30.3 Å². The summed E-state index contributed by atoms with van der Waals surface area (Å²) in [6.07, 6.45) is -1.41. The maximum absolute atomic E-state index is 13.2. The number of aliphatic hydroxyl groups excluding tert-OH is 1. The highest BCUT2D eigenvalue weighted by Crippen LogP contribution is 2.33. The van der Waals surface area contributed by atoms with Crippen molar-refractivity contribution in [1.82, 2.24) is 4.90 Å². The lowest BCUT2D eigenvalue weighted by atomic mass is 9.95. The number of carbonyl (C=O) groups is 2. The lowest BCUT2D eigenvalue weighted by molar-refractivity contribution is -0.152. The average molecular weight is 429 g/mol. The molecule has 1 N–H and O–H groups in total. The van der Waals surface area contributed by atoms with Gasteiger partial charge in [-0.25, -0.2) is 14.0 Å². The molecule has 166 valence electrons. The molecule has 0 aromatic heterocycles. The van der Waals surface area contributed by atoms with Crippen molar-refractivity contribution >= 4 is 12.1 Å². The van der Waals surface area contributed by atoms with Crippen molar-refractivity contribution in [3.63, 3.8) is 0 Å². The molecule has 3 rings (SSSR count). The number of benzene rings is 2. The van der Waals surface area contributed by atoms with Crippen LogP contribution >= 0.6 is 0 Å². The maximum Gasteiger partial charge on any atom is 0.413 e. The molecule has 0 saturated carbocycles. The van der Waals surface area contributed by atoms with Gasteiger partial charge in [-0.15, -0.1) is 0 Å². The molecule has 2 aromatic rings. The number of likely N-dealkylation sites (tertiary alicyclic amines) is 1. The number of halogens is 1. The van der Waals surface area contributed by atoms with Crippen LogP contribution in [0.25, 0.3) is 0 Å². The van der Waals surface area contributed by atoms with Crippen molar-refractivity contribution in [3.8, 4) is 0 Å². The van der Waals surface area contributed by atoms with Crippen LogP contribution in [-0.4, -0.2) is 39.9 Å². The Bertz CT molecular complexity index is 894. The second kappa shape index (κ2) is 9.47. The molecular formula is C24H28FNO5. The molecule has 3 atom stereocenters.